The first kappa shape index (κ1) is 13.9. The summed E-state index contributed by atoms with van der Waals surface area (Å²) in [5, 5.41) is 5.99. The van der Waals surface area contributed by atoms with E-state index in [1.165, 1.54) is 11.1 Å². The fourth-order valence-corrected chi connectivity index (χ4v) is 2.81. The van der Waals surface area contributed by atoms with Gasteiger partial charge in [-0.25, -0.2) is 0 Å². The number of aryl methyl sites for hydroxylation is 1. The van der Waals surface area contributed by atoms with E-state index < -0.39 is 0 Å². The van der Waals surface area contributed by atoms with Gasteiger partial charge >= 0.3 is 0 Å². The van der Waals surface area contributed by atoms with Gasteiger partial charge in [0, 0.05) is 7.05 Å². The number of carbonyl (C=O) groups excluding carboxylic acids is 1. The van der Waals surface area contributed by atoms with Gasteiger partial charge in [0.1, 0.15) is 5.75 Å². The smallest absolute Gasteiger partial charge is 0.236 e. The zero-order valence-electron chi connectivity index (χ0n) is 11.8. The molecule has 0 saturated carbocycles. The summed E-state index contributed by atoms with van der Waals surface area (Å²) < 4.78 is 5.24. The zero-order chi connectivity index (χ0) is 13.8. The maximum atomic E-state index is 11.7. The minimum Gasteiger partial charge on any atom is -0.497 e. The average Bonchev–Trinajstić information content (AvgIpc) is 2.46. The first-order valence-electron chi connectivity index (χ1n) is 6.75. The number of amides is 1. The standard InChI is InChI=1S/C15H22N2O2/c1-10-8-12(19-3)4-5-13(10)11-6-7-17-14(9-11)15(18)16-2/h4-5,8,11,14,17H,6-7,9H2,1-3H3,(H,16,18). The average molecular weight is 262 g/mol. The second-order valence-electron chi connectivity index (χ2n) is 5.06. The lowest BCUT2D eigenvalue weighted by Gasteiger charge is -2.30. The molecule has 0 aliphatic carbocycles. The third-order valence-corrected chi connectivity index (χ3v) is 3.88. The Morgan fingerprint density at radius 3 is 2.89 bits per heavy atom. The van der Waals surface area contributed by atoms with E-state index in [4.69, 9.17) is 4.74 Å². The number of ether oxygens (including phenoxy) is 1. The lowest BCUT2D eigenvalue weighted by Crippen LogP contribution is -2.47. The van der Waals surface area contributed by atoms with E-state index in [0.717, 1.165) is 25.1 Å². The number of benzene rings is 1. The molecule has 1 aromatic rings. The van der Waals surface area contributed by atoms with Gasteiger partial charge < -0.3 is 15.4 Å². The van der Waals surface area contributed by atoms with Crippen molar-refractivity contribution in [1.29, 1.82) is 0 Å². The Morgan fingerprint density at radius 1 is 1.47 bits per heavy atom. The summed E-state index contributed by atoms with van der Waals surface area (Å²) in [6.45, 7) is 2.99. The first-order chi connectivity index (χ1) is 9.15. The predicted molar refractivity (Wildman–Crippen MR) is 75.6 cm³/mol. The molecule has 1 aromatic carbocycles. The Kier molecular flexibility index (Phi) is 4.43. The van der Waals surface area contributed by atoms with Crippen LogP contribution < -0.4 is 15.4 Å². The van der Waals surface area contributed by atoms with Crippen LogP contribution in [0.2, 0.25) is 0 Å². The van der Waals surface area contributed by atoms with Crippen molar-refractivity contribution < 1.29 is 9.53 Å². The number of nitrogens with one attached hydrogen (secondary N) is 2. The number of likely N-dealkylation sites (N-methyl/N-ethyl adjacent to an activating group) is 1. The summed E-state index contributed by atoms with van der Waals surface area (Å²) >= 11 is 0. The van der Waals surface area contributed by atoms with E-state index in [0.29, 0.717) is 5.92 Å². The number of methoxy groups -OCH3 is 1. The molecule has 2 atom stereocenters. The molecule has 0 spiro atoms. The molecule has 1 heterocycles. The van der Waals surface area contributed by atoms with Crippen LogP contribution in [0.5, 0.6) is 5.75 Å². The van der Waals surface area contributed by atoms with Crippen molar-refractivity contribution in [3.63, 3.8) is 0 Å². The zero-order valence-corrected chi connectivity index (χ0v) is 11.8. The van der Waals surface area contributed by atoms with Crippen molar-refractivity contribution in [3.05, 3.63) is 29.3 Å². The molecule has 0 aromatic heterocycles. The number of rotatable bonds is 3. The molecule has 19 heavy (non-hydrogen) atoms. The quantitative estimate of drug-likeness (QED) is 0.869. The summed E-state index contributed by atoms with van der Waals surface area (Å²) in [6.07, 6.45) is 1.92. The molecule has 4 heteroatoms. The van der Waals surface area contributed by atoms with Crippen molar-refractivity contribution >= 4 is 5.91 Å². The minimum absolute atomic E-state index is 0.0785. The van der Waals surface area contributed by atoms with Crippen molar-refractivity contribution in [3.8, 4) is 5.75 Å². The van der Waals surface area contributed by atoms with Gasteiger partial charge in [-0.2, -0.15) is 0 Å². The fourth-order valence-electron chi connectivity index (χ4n) is 2.81. The second-order valence-corrected chi connectivity index (χ2v) is 5.06. The number of hydrogen-bond donors (Lipinski definition) is 2. The summed E-state index contributed by atoms with van der Waals surface area (Å²) in [7, 11) is 3.37. The van der Waals surface area contributed by atoms with Gasteiger partial charge in [-0.05, 0) is 55.5 Å². The topological polar surface area (TPSA) is 50.4 Å². The predicted octanol–water partition coefficient (Wildman–Crippen LogP) is 1.59. The van der Waals surface area contributed by atoms with Gasteiger partial charge in [-0.15, -0.1) is 0 Å². The Balaban J connectivity index is 2.15. The summed E-state index contributed by atoms with van der Waals surface area (Å²) in [6, 6.07) is 6.11. The lowest BCUT2D eigenvalue weighted by atomic mass is 9.84. The Hall–Kier alpha value is -1.55. The number of piperidine rings is 1. The Bertz CT molecular complexity index is 459. The van der Waals surface area contributed by atoms with Crippen molar-refractivity contribution in [1.82, 2.24) is 10.6 Å². The van der Waals surface area contributed by atoms with E-state index >= 15 is 0 Å². The molecular formula is C15H22N2O2. The maximum absolute atomic E-state index is 11.7. The summed E-state index contributed by atoms with van der Waals surface area (Å²) in [5.74, 6) is 1.41. The lowest BCUT2D eigenvalue weighted by molar-refractivity contribution is -0.123. The SMILES string of the molecule is CNC(=O)C1CC(c2ccc(OC)cc2C)CCN1. The van der Waals surface area contributed by atoms with Crippen molar-refractivity contribution in [2.24, 2.45) is 0 Å². The third kappa shape index (κ3) is 3.07. The molecule has 1 saturated heterocycles. The molecule has 2 N–H and O–H groups in total. The highest BCUT2D eigenvalue weighted by atomic mass is 16.5. The van der Waals surface area contributed by atoms with Gasteiger partial charge in [0.05, 0.1) is 13.2 Å². The highest BCUT2D eigenvalue weighted by molar-refractivity contribution is 5.81. The molecule has 1 fully saturated rings. The molecule has 0 radical (unpaired) electrons. The monoisotopic (exact) mass is 262 g/mol. The van der Waals surface area contributed by atoms with E-state index in [-0.39, 0.29) is 11.9 Å². The summed E-state index contributed by atoms with van der Waals surface area (Å²) in [5.41, 5.74) is 2.57. The normalized spacial score (nSPS) is 22.9. The van der Waals surface area contributed by atoms with Gasteiger partial charge in [0.2, 0.25) is 5.91 Å². The van der Waals surface area contributed by atoms with Crippen LogP contribution in [0.15, 0.2) is 18.2 Å². The van der Waals surface area contributed by atoms with Gasteiger partial charge in [0.25, 0.3) is 0 Å². The second kappa shape index (κ2) is 6.06. The molecular weight excluding hydrogens is 240 g/mol. The molecule has 104 valence electrons. The largest absolute Gasteiger partial charge is 0.497 e. The van der Waals surface area contributed by atoms with E-state index in [9.17, 15) is 4.79 Å². The number of hydrogen-bond acceptors (Lipinski definition) is 3. The Labute approximate surface area is 114 Å². The molecule has 0 bridgehead atoms. The Morgan fingerprint density at radius 2 is 2.26 bits per heavy atom. The van der Waals surface area contributed by atoms with Crippen LogP contribution in [0.25, 0.3) is 0 Å². The molecule has 1 aliphatic heterocycles. The molecule has 2 rings (SSSR count). The van der Waals surface area contributed by atoms with Crippen LogP contribution in [0.4, 0.5) is 0 Å². The van der Waals surface area contributed by atoms with Crippen LogP contribution in [-0.2, 0) is 4.79 Å². The van der Waals surface area contributed by atoms with Gasteiger partial charge in [-0.1, -0.05) is 6.07 Å². The summed E-state index contributed by atoms with van der Waals surface area (Å²) in [4.78, 5) is 11.7. The highest BCUT2D eigenvalue weighted by Gasteiger charge is 2.27. The van der Waals surface area contributed by atoms with Crippen LogP contribution >= 0.6 is 0 Å². The maximum Gasteiger partial charge on any atom is 0.236 e. The van der Waals surface area contributed by atoms with E-state index in [2.05, 4.69) is 29.7 Å². The molecule has 4 nitrogen and oxygen atoms in total. The fraction of sp³-hybridized carbons (Fsp3) is 0.533. The minimum atomic E-state index is -0.0785. The molecule has 2 unspecified atom stereocenters. The molecule has 1 aliphatic rings. The first-order valence-corrected chi connectivity index (χ1v) is 6.75. The van der Waals surface area contributed by atoms with E-state index in [1.54, 1.807) is 14.2 Å². The van der Waals surface area contributed by atoms with Crippen LogP contribution in [-0.4, -0.2) is 32.7 Å². The number of carbonyl (C=O) groups is 1. The van der Waals surface area contributed by atoms with Crippen molar-refractivity contribution in [2.45, 2.75) is 31.7 Å². The highest BCUT2D eigenvalue weighted by Crippen LogP contribution is 2.31. The van der Waals surface area contributed by atoms with Gasteiger partial charge in [-0.3, -0.25) is 4.79 Å². The van der Waals surface area contributed by atoms with Crippen LogP contribution in [0, 0.1) is 6.92 Å². The van der Waals surface area contributed by atoms with Crippen LogP contribution in [0.1, 0.15) is 29.9 Å². The van der Waals surface area contributed by atoms with E-state index in [1.807, 2.05) is 6.07 Å². The molecule has 1 amide bonds. The van der Waals surface area contributed by atoms with Crippen LogP contribution in [0.3, 0.4) is 0 Å². The van der Waals surface area contributed by atoms with Gasteiger partial charge in [0.15, 0.2) is 0 Å². The van der Waals surface area contributed by atoms with Crippen molar-refractivity contribution in [2.75, 3.05) is 20.7 Å². The third-order valence-electron chi connectivity index (χ3n) is 3.88.